The Morgan fingerprint density at radius 2 is 2.27 bits per heavy atom. The molecule has 2 N–H and O–H groups in total. The summed E-state index contributed by atoms with van der Waals surface area (Å²) >= 11 is 0. The van der Waals surface area contributed by atoms with Crippen LogP contribution in [0, 0.1) is 12.8 Å². The Kier molecular flexibility index (Phi) is 4.85. The Balaban J connectivity index is 2.30. The Bertz CT molecular complexity index is 283. The third kappa shape index (κ3) is 4.06. The molecule has 0 saturated carbocycles. The predicted molar refractivity (Wildman–Crippen MR) is 62.6 cm³/mol. The maximum absolute atomic E-state index is 5.58. The molecule has 0 bridgehead atoms. The first-order chi connectivity index (χ1) is 7.13. The number of aryl methyl sites for hydroxylation is 1. The van der Waals surface area contributed by atoms with Crippen molar-refractivity contribution in [3.8, 4) is 0 Å². The summed E-state index contributed by atoms with van der Waals surface area (Å²) in [4.78, 5) is 2.31. The van der Waals surface area contributed by atoms with E-state index in [0.29, 0.717) is 5.92 Å². The summed E-state index contributed by atoms with van der Waals surface area (Å²) in [5, 5.41) is 0. The van der Waals surface area contributed by atoms with Crippen LogP contribution in [0.15, 0.2) is 16.7 Å². The smallest absolute Gasteiger partial charge is 0.105 e. The second kappa shape index (κ2) is 5.93. The molecule has 15 heavy (non-hydrogen) atoms. The zero-order valence-corrected chi connectivity index (χ0v) is 9.99. The molecule has 0 aliphatic heterocycles. The Hall–Kier alpha value is -0.800. The minimum atomic E-state index is 0.609. The number of hydrogen-bond acceptors (Lipinski definition) is 3. The van der Waals surface area contributed by atoms with Gasteiger partial charge in [0.05, 0.1) is 6.26 Å². The molecular formula is C12H22N2O. The van der Waals surface area contributed by atoms with Gasteiger partial charge in [0.15, 0.2) is 0 Å². The molecule has 0 aromatic carbocycles. The maximum Gasteiger partial charge on any atom is 0.105 e. The second-order valence-corrected chi connectivity index (χ2v) is 4.37. The molecule has 1 aromatic heterocycles. The quantitative estimate of drug-likeness (QED) is 0.781. The van der Waals surface area contributed by atoms with E-state index in [2.05, 4.69) is 18.9 Å². The average molecular weight is 210 g/mol. The molecule has 1 rings (SSSR count). The van der Waals surface area contributed by atoms with Gasteiger partial charge in [-0.2, -0.15) is 0 Å². The fraction of sp³-hybridized carbons (Fsp3) is 0.667. The van der Waals surface area contributed by atoms with Gasteiger partial charge in [-0.05, 0) is 45.5 Å². The molecule has 3 nitrogen and oxygen atoms in total. The minimum absolute atomic E-state index is 0.609. The van der Waals surface area contributed by atoms with Crippen LogP contribution in [0.3, 0.4) is 0 Å². The number of nitrogens with two attached hydrogens (primary N) is 1. The summed E-state index contributed by atoms with van der Waals surface area (Å²) in [6, 6.07) is 2.04. The Labute approximate surface area is 92.2 Å². The van der Waals surface area contributed by atoms with Gasteiger partial charge in [0.2, 0.25) is 0 Å². The number of furan rings is 1. The highest BCUT2D eigenvalue weighted by Gasteiger charge is 2.06. The Morgan fingerprint density at radius 3 is 2.80 bits per heavy atom. The van der Waals surface area contributed by atoms with Crippen LogP contribution in [0.25, 0.3) is 0 Å². The molecule has 0 aliphatic carbocycles. The van der Waals surface area contributed by atoms with Crippen LogP contribution in [0.4, 0.5) is 0 Å². The van der Waals surface area contributed by atoms with Gasteiger partial charge in [-0.25, -0.2) is 0 Å². The molecule has 0 fully saturated rings. The number of rotatable bonds is 6. The van der Waals surface area contributed by atoms with Gasteiger partial charge in [-0.1, -0.05) is 6.92 Å². The van der Waals surface area contributed by atoms with Crippen molar-refractivity contribution in [2.75, 3.05) is 20.1 Å². The van der Waals surface area contributed by atoms with Crippen LogP contribution in [0.2, 0.25) is 0 Å². The van der Waals surface area contributed by atoms with E-state index in [-0.39, 0.29) is 0 Å². The van der Waals surface area contributed by atoms with Crippen molar-refractivity contribution in [3.63, 3.8) is 0 Å². The standard InChI is InChI=1S/C12H22N2O/c1-10(8-13)4-6-14(3)9-12-5-7-15-11(12)2/h5,7,10H,4,6,8-9,13H2,1-3H3. The van der Waals surface area contributed by atoms with Gasteiger partial charge in [-0.15, -0.1) is 0 Å². The zero-order chi connectivity index (χ0) is 11.3. The Morgan fingerprint density at radius 1 is 1.53 bits per heavy atom. The summed E-state index contributed by atoms with van der Waals surface area (Å²) in [5.41, 5.74) is 6.86. The number of nitrogens with zero attached hydrogens (tertiary/aromatic N) is 1. The van der Waals surface area contributed by atoms with Gasteiger partial charge in [0.1, 0.15) is 5.76 Å². The number of hydrogen-bond donors (Lipinski definition) is 1. The van der Waals surface area contributed by atoms with E-state index in [1.54, 1.807) is 6.26 Å². The lowest BCUT2D eigenvalue weighted by atomic mass is 10.1. The minimum Gasteiger partial charge on any atom is -0.469 e. The lowest BCUT2D eigenvalue weighted by Gasteiger charge is -2.18. The van der Waals surface area contributed by atoms with E-state index in [4.69, 9.17) is 10.2 Å². The lowest BCUT2D eigenvalue weighted by molar-refractivity contribution is 0.298. The van der Waals surface area contributed by atoms with E-state index in [0.717, 1.165) is 31.8 Å². The van der Waals surface area contributed by atoms with E-state index in [1.807, 2.05) is 13.0 Å². The second-order valence-electron chi connectivity index (χ2n) is 4.37. The molecule has 0 radical (unpaired) electrons. The van der Waals surface area contributed by atoms with Gasteiger partial charge < -0.3 is 15.1 Å². The van der Waals surface area contributed by atoms with Gasteiger partial charge >= 0.3 is 0 Å². The van der Waals surface area contributed by atoms with E-state index < -0.39 is 0 Å². The topological polar surface area (TPSA) is 42.4 Å². The van der Waals surface area contributed by atoms with Crippen molar-refractivity contribution in [1.29, 1.82) is 0 Å². The first-order valence-electron chi connectivity index (χ1n) is 5.55. The van der Waals surface area contributed by atoms with Crippen LogP contribution >= 0.6 is 0 Å². The van der Waals surface area contributed by atoms with Crippen molar-refractivity contribution in [3.05, 3.63) is 23.7 Å². The summed E-state index contributed by atoms with van der Waals surface area (Å²) in [6.45, 7) is 7.02. The van der Waals surface area contributed by atoms with Crippen molar-refractivity contribution < 1.29 is 4.42 Å². The van der Waals surface area contributed by atoms with Gasteiger partial charge in [-0.3, -0.25) is 0 Å². The van der Waals surface area contributed by atoms with E-state index in [9.17, 15) is 0 Å². The molecule has 1 unspecified atom stereocenters. The molecule has 1 aromatic rings. The molecule has 1 heterocycles. The molecule has 86 valence electrons. The van der Waals surface area contributed by atoms with Crippen molar-refractivity contribution in [2.45, 2.75) is 26.8 Å². The monoisotopic (exact) mass is 210 g/mol. The molecular weight excluding hydrogens is 188 g/mol. The van der Waals surface area contributed by atoms with Crippen molar-refractivity contribution >= 4 is 0 Å². The lowest BCUT2D eigenvalue weighted by Crippen LogP contribution is -2.23. The molecule has 0 amide bonds. The first-order valence-corrected chi connectivity index (χ1v) is 5.55. The average Bonchev–Trinajstić information content (AvgIpc) is 2.61. The zero-order valence-electron chi connectivity index (χ0n) is 9.99. The summed E-state index contributed by atoms with van der Waals surface area (Å²) in [6.07, 6.45) is 2.91. The SMILES string of the molecule is Cc1occc1CN(C)CCC(C)CN. The molecule has 0 aliphatic rings. The van der Waals surface area contributed by atoms with Crippen LogP contribution in [0.1, 0.15) is 24.7 Å². The molecule has 0 saturated heterocycles. The third-order valence-electron chi connectivity index (χ3n) is 2.81. The summed E-state index contributed by atoms with van der Waals surface area (Å²) in [5.74, 6) is 1.63. The fourth-order valence-corrected chi connectivity index (χ4v) is 1.50. The maximum atomic E-state index is 5.58. The van der Waals surface area contributed by atoms with Crippen molar-refractivity contribution in [2.24, 2.45) is 11.7 Å². The van der Waals surface area contributed by atoms with E-state index in [1.165, 1.54) is 5.56 Å². The van der Waals surface area contributed by atoms with Crippen LogP contribution in [-0.4, -0.2) is 25.0 Å². The van der Waals surface area contributed by atoms with Crippen LogP contribution in [-0.2, 0) is 6.54 Å². The normalized spacial score (nSPS) is 13.4. The fourth-order valence-electron chi connectivity index (χ4n) is 1.50. The van der Waals surface area contributed by atoms with Gasteiger partial charge in [0.25, 0.3) is 0 Å². The first kappa shape index (κ1) is 12.3. The highest BCUT2D eigenvalue weighted by Crippen LogP contribution is 2.11. The highest BCUT2D eigenvalue weighted by molar-refractivity contribution is 5.14. The highest BCUT2D eigenvalue weighted by atomic mass is 16.3. The van der Waals surface area contributed by atoms with Crippen LogP contribution < -0.4 is 5.73 Å². The largest absolute Gasteiger partial charge is 0.469 e. The van der Waals surface area contributed by atoms with Crippen molar-refractivity contribution in [1.82, 2.24) is 4.90 Å². The molecule has 3 heteroatoms. The summed E-state index contributed by atoms with van der Waals surface area (Å²) in [7, 11) is 2.13. The van der Waals surface area contributed by atoms with Crippen LogP contribution in [0.5, 0.6) is 0 Å². The van der Waals surface area contributed by atoms with Gasteiger partial charge in [0, 0.05) is 12.1 Å². The predicted octanol–water partition coefficient (Wildman–Crippen LogP) is 2.00. The molecule has 0 spiro atoms. The van der Waals surface area contributed by atoms with E-state index >= 15 is 0 Å². The molecule has 1 atom stereocenters. The third-order valence-corrected chi connectivity index (χ3v) is 2.81. The summed E-state index contributed by atoms with van der Waals surface area (Å²) < 4.78 is 5.27.